The number of hydrogen-bond donors (Lipinski definition) is 1. The molecule has 6 nitrogen and oxygen atoms in total. The van der Waals surface area contributed by atoms with Crippen LogP contribution >= 0.6 is 0 Å². The maximum atomic E-state index is 12.2. The number of amides is 1. The molecule has 1 aromatic heterocycles. The molecule has 0 atom stereocenters. The van der Waals surface area contributed by atoms with E-state index in [9.17, 15) is 13.2 Å². The third-order valence-corrected chi connectivity index (χ3v) is 5.79. The summed E-state index contributed by atoms with van der Waals surface area (Å²) in [6, 6.07) is 12.2. The Bertz CT molecular complexity index is 805. The molecule has 0 radical (unpaired) electrons. The summed E-state index contributed by atoms with van der Waals surface area (Å²) in [6.45, 7) is 0.843. The van der Waals surface area contributed by atoms with Crippen LogP contribution in [0.3, 0.4) is 0 Å². The molecule has 24 heavy (non-hydrogen) atoms. The molecule has 0 spiro atoms. The first-order chi connectivity index (χ1) is 11.6. The van der Waals surface area contributed by atoms with Crippen LogP contribution in [0.4, 0.5) is 5.69 Å². The number of nitrogens with one attached hydrogen (secondary N) is 1. The summed E-state index contributed by atoms with van der Waals surface area (Å²) >= 11 is 0. The first-order valence-corrected chi connectivity index (χ1v) is 9.46. The number of pyridine rings is 1. The van der Waals surface area contributed by atoms with Crippen molar-refractivity contribution in [1.82, 2.24) is 10.3 Å². The number of hydrogen-bond acceptors (Lipinski definition) is 4. The van der Waals surface area contributed by atoms with E-state index in [2.05, 4.69) is 10.3 Å². The highest BCUT2D eigenvalue weighted by Crippen LogP contribution is 2.23. The Morgan fingerprint density at radius 2 is 1.92 bits per heavy atom. The number of rotatable bonds is 4. The van der Waals surface area contributed by atoms with Gasteiger partial charge in [-0.1, -0.05) is 6.07 Å². The topological polar surface area (TPSA) is 79.4 Å². The van der Waals surface area contributed by atoms with Crippen molar-refractivity contribution in [3.63, 3.8) is 0 Å². The minimum atomic E-state index is -3.23. The van der Waals surface area contributed by atoms with Crippen LogP contribution in [-0.4, -0.2) is 31.6 Å². The summed E-state index contributed by atoms with van der Waals surface area (Å²) in [7, 11) is -3.23. The zero-order valence-corrected chi connectivity index (χ0v) is 14.0. The lowest BCUT2D eigenvalue weighted by molar-refractivity contribution is 0.0950. The summed E-state index contributed by atoms with van der Waals surface area (Å²) in [5.74, 6) is -0.0343. The van der Waals surface area contributed by atoms with Gasteiger partial charge in [0, 0.05) is 18.3 Å². The van der Waals surface area contributed by atoms with Crippen LogP contribution < -0.4 is 9.62 Å². The molecule has 2 heterocycles. The Morgan fingerprint density at radius 3 is 2.58 bits per heavy atom. The van der Waals surface area contributed by atoms with Gasteiger partial charge in [0.05, 0.1) is 23.7 Å². The van der Waals surface area contributed by atoms with Gasteiger partial charge >= 0.3 is 0 Å². The smallest absolute Gasteiger partial charge is 0.251 e. The van der Waals surface area contributed by atoms with Crippen molar-refractivity contribution < 1.29 is 13.2 Å². The van der Waals surface area contributed by atoms with Gasteiger partial charge in [0.2, 0.25) is 10.0 Å². The van der Waals surface area contributed by atoms with Crippen LogP contribution in [0.25, 0.3) is 0 Å². The van der Waals surface area contributed by atoms with Gasteiger partial charge in [-0.15, -0.1) is 0 Å². The van der Waals surface area contributed by atoms with E-state index in [-0.39, 0.29) is 11.7 Å². The van der Waals surface area contributed by atoms with Crippen LogP contribution in [0.2, 0.25) is 0 Å². The van der Waals surface area contributed by atoms with Gasteiger partial charge in [-0.25, -0.2) is 8.42 Å². The number of carbonyl (C=O) groups excluding carboxylic acids is 1. The van der Waals surface area contributed by atoms with E-state index in [1.807, 2.05) is 18.2 Å². The predicted molar refractivity (Wildman–Crippen MR) is 92.2 cm³/mol. The quantitative estimate of drug-likeness (QED) is 0.918. The van der Waals surface area contributed by atoms with Gasteiger partial charge in [0.15, 0.2) is 0 Å². The first kappa shape index (κ1) is 16.4. The summed E-state index contributed by atoms with van der Waals surface area (Å²) in [5, 5.41) is 2.80. The Hall–Kier alpha value is -2.41. The third-order valence-electron chi connectivity index (χ3n) is 3.92. The lowest BCUT2D eigenvalue weighted by Crippen LogP contribution is -2.37. The minimum absolute atomic E-state index is 0.180. The number of anilines is 1. The predicted octanol–water partition coefficient (Wildman–Crippen LogP) is 1.94. The molecule has 1 aliphatic rings. The van der Waals surface area contributed by atoms with Gasteiger partial charge in [-0.2, -0.15) is 0 Å². The monoisotopic (exact) mass is 345 g/mol. The van der Waals surface area contributed by atoms with E-state index in [0.29, 0.717) is 30.8 Å². The molecule has 2 aromatic rings. The number of benzene rings is 1. The fourth-order valence-corrected chi connectivity index (χ4v) is 4.27. The van der Waals surface area contributed by atoms with Gasteiger partial charge < -0.3 is 5.32 Å². The van der Waals surface area contributed by atoms with Crippen molar-refractivity contribution in [3.05, 3.63) is 59.9 Å². The average molecular weight is 345 g/mol. The van der Waals surface area contributed by atoms with Crippen molar-refractivity contribution in [2.75, 3.05) is 16.6 Å². The van der Waals surface area contributed by atoms with Crippen molar-refractivity contribution in [2.24, 2.45) is 0 Å². The van der Waals surface area contributed by atoms with E-state index < -0.39 is 10.0 Å². The lowest BCUT2D eigenvalue weighted by Gasteiger charge is -2.28. The van der Waals surface area contributed by atoms with E-state index in [1.165, 1.54) is 4.31 Å². The molecule has 0 bridgehead atoms. The van der Waals surface area contributed by atoms with E-state index >= 15 is 0 Å². The lowest BCUT2D eigenvalue weighted by atomic mass is 10.2. The summed E-state index contributed by atoms with van der Waals surface area (Å²) in [6.07, 6.45) is 3.23. The highest BCUT2D eigenvalue weighted by atomic mass is 32.2. The van der Waals surface area contributed by atoms with Crippen molar-refractivity contribution in [3.8, 4) is 0 Å². The number of carbonyl (C=O) groups is 1. The number of nitrogens with zero attached hydrogens (tertiary/aromatic N) is 2. The minimum Gasteiger partial charge on any atom is -0.346 e. The molecule has 0 saturated carbocycles. The molecular formula is C17H19N3O3S. The molecule has 1 saturated heterocycles. The van der Waals surface area contributed by atoms with E-state index in [0.717, 1.165) is 12.1 Å². The Morgan fingerprint density at radius 1 is 1.12 bits per heavy atom. The fraction of sp³-hybridized carbons (Fsp3) is 0.294. The maximum Gasteiger partial charge on any atom is 0.251 e. The second-order valence-electron chi connectivity index (χ2n) is 5.65. The van der Waals surface area contributed by atoms with Gasteiger partial charge in [0.1, 0.15) is 0 Å². The Kier molecular flexibility index (Phi) is 4.80. The van der Waals surface area contributed by atoms with Crippen LogP contribution in [0.1, 0.15) is 28.9 Å². The van der Waals surface area contributed by atoms with Gasteiger partial charge in [-0.3, -0.25) is 14.1 Å². The number of sulfonamides is 1. The summed E-state index contributed by atoms with van der Waals surface area (Å²) in [4.78, 5) is 16.3. The van der Waals surface area contributed by atoms with Gasteiger partial charge in [0.25, 0.3) is 5.91 Å². The van der Waals surface area contributed by atoms with Crippen LogP contribution in [0.15, 0.2) is 48.7 Å². The molecule has 0 aliphatic carbocycles. The molecular weight excluding hydrogens is 326 g/mol. The maximum absolute atomic E-state index is 12.2. The van der Waals surface area contributed by atoms with E-state index in [4.69, 9.17) is 0 Å². The SMILES string of the molecule is O=C(NCc1ccccn1)c1ccc(N2CCCCS2(=O)=O)cc1. The second-order valence-corrected chi connectivity index (χ2v) is 7.66. The Balaban J connectivity index is 1.66. The van der Waals surface area contributed by atoms with Crippen molar-refractivity contribution >= 4 is 21.6 Å². The molecule has 7 heteroatoms. The zero-order chi connectivity index (χ0) is 17.0. The summed E-state index contributed by atoms with van der Waals surface area (Å²) < 4.78 is 25.6. The third kappa shape index (κ3) is 3.73. The Labute approximate surface area is 141 Å². The standard InChI is InChI=1S/C17H19N3O3S/c21-17(19-13-15-5-1-2-10-18-15)14-6-8-16(9-7-14)20-11-3-4-12-24(20,22)23/h1-2,5-10H,3-4,11-13H2,(H,19,21). The van der Waals surface area contributed by atoms with Crippen LogP contribution in [0, 0.1) is 0 Å². The highest BCUT2D eigenvalue weighted by molar-refractivity contribution is 7.92. The molecule has 1 aromatic carbocycles. The zero-order valence-electron chi connectivity index (χ0n) is 13.2. The van der Waals surface area contributed by atoms with Crippen LogP contribution in [-0.2, 0) is 16.6 Å². The molecule has 1 fully saturated rings. The fourth-order valence-electron chi connectivity index (χ4n) is 2.63. The normalized spacial score (nSPS) is 16.6. The van der Waals surface area contributed by atoms with Crippen molar-refractivity contribution in [2.45, 2.75) is 19.4 Å². The molecule has 3 rings (SSSR count). The average Bonchev–Trinajstić information content (AvgIpc) is 2.60. The van der Waals surface area contributed by atoms with Crippen molar-refractivity contribution in [1.29, 1.82) is 0 Å². The van der Waals surface area contributed by atoms with Crippen LogP contribution in [0.5, 0.6) is 0 Å². The second kappa shape index (κ2) is 7.00. The van der Waals surface area contributed by atoms with E-state index in [1.54, 1.807) is 30.5 Å². The first-order valence-electron chi connectivity index (χ1n) is 7.85. The number of aromatic nitrogens is 1. The summed E-state index contributed by atoms with van der Waals surface area (Å²) in [5.41, 5.74) is 1.88. The molecule has 1 aliphatic heterocycles. The molecule has 126 valence electrons. The molecule has 1 amide bonds. The molecule has 1 N–H and O–H groups in total. The largest absolute Gasteiger partial charge is 0.346 e. The van der Waals surface area contributed by atoms with Gasteiger partial charge in [-0.05, 0) is 49.2 Å². The highest BCUT2D eigenvalue weighted by Gasteiger charge is 2.25. The molecule has 0 unspecified atom stereocenters.